The number of methoxy groups -OCH3 is 1. The lowest BCUT2D eigenvalue weighted by atomic mass is 10.2. The van der Waals surface area contributed by atoms with Crippen molar-refractivity contribution in [3.63, 3.8) is 0 Å². The second-order valence-corrected chi connectivity index (χ2v) is 4.29. The number of ether oxygens (including phenoxy) is 1. The smallest absolute Gasteiger partial charge is 0.118 e. The molecule has 2 aromatic carbocycles. The van der Waals surface area contributed by atoms with Crippen molar-refractivity contribution < 1.29 is 4.74 Å². The van der Waals surface area contributed by atoms with Gasteiger partial charge in [0, 0.05) is 13.1 Å². The summed E-state index contributed by atoms with van der Waals surface area (Å²) >= 11 is 0. The summed E-state index contributed by atoms with van der Waals surface area (Å²) < 4.78 is 5.13. The molecule has 0 aliphatic carbocycles. The molecule has 0 radical (unpaired) electrons. The van der Waals surface area contributed by atoms with Crippen LogP contribution in [0.25, 0.3) is 6.08 Å². The standard InChI is InChI=1S/C17H19NO/c1-19-17-11-9-16(10-12-17)14-18-13-5-8-15-6-3-2-4-7-15/h2-12,18H,13-14H2,1H3/b8-5-. The lowest BCUT2D eigenvalue weighted by molar-refractivity contribution is 0.414. The first kappa shape index (κ1) is 13.4. The third-order valence-electron chi connectivity index (χ3n) is 2.86. The van der Waals surface area contributed by atoms with E-state index in [4.69, 9.17) is 4.74 Å². The second kappa shape index (κ2) is 7.39. The molecule has 98 valence electrons. The molecule has 19 heavy (non-hydrogen) atoms. The molecule has 0 saturated carbocycles. The van der Waals surface area contributed by atoms with E-state index < -0.39 is 0 Å². The number of benzene rings is 2. The van der Waals surface area contributed by atoms with E-state index >= 15 is 0 Å². The number of rotatable bonds is 6. The first-order valence-electron chi connectivity index (χ1n) is 6.44. The van der Waals surface area contributed by atoms with Crippen LogP contribution in [0, 0.1) is 0 Å². The zero-order valence-electron chi connectivity index (χ0n) is 11.2. The molecule has 2 aromatic rings. The average molecular weight is 253 g/mol. The Kier molecular flexibility index (Phi) is 5.20. The summed E-state index contributed by atoms with van der Waals surface area (Å²) in [7, 11) is 1.68. The maximum absolute atomic E-state index is 5.13. The minimum absolute atomic E-state index is 0.862. The van der Waals surface area contributed by atoms with Crippen molar-refractivity contribution in [2.45, 2.75) is 6.54 Å². The zero-order chi connectivity index (χ0) is 13.3. The molecule has 0 aliphatic rings. The van der Waals surface area contributed by atoms with E-state index in [1.54, 1.807) is 7.11 Å². The summed E-state index contributed by atoms with van der Waals surface area (Å²) in [5, 5.41) is 3.38. The Balaban J connectivity index is 1.73. The largest absolute Gasteiger partial charge is 0.497 e. The van der Waals surface area contributed by atoms with Gasteiger partial charge in [-0.3, -0.25) is 0 Å². The van der Waals surface area contributed by atoms with E-state index in [0.717, 1.165) is 18.8 Å². The molecule has 2 nitrogen and oxygen atoms in total. The minimum Gasteiger partial charge on any atom is -0.497 e. The molecule has 0 aliphatic heterocycles. The molecule has 0 atom stereocenters. The fraction of sp³-hybridized carbons (Fsp3) is 0.176. The highest BCUT2D eigenvalue weighted by Gasteiger charge is 1.93. The molecule has 0 fully saturated rings. The van der Waals surface area contributed by atoms with Crippen molar-refractivity contribution in [3.05, 3.63) is 71.8 Å². The number of hydrogen-bond donors (Lipinski definition) is 1. The van der Waals surface area contributed by atoms with Crippen LogP contribution in [0.4, 0.5) is 0 Å². The topological polar surface area (TPSA) is 21.3 Å². The lowest BCUT2D eigenvalue weighted by Crippen LogP contribution is -2.12. The highest BCUT2D eigenvalue weighted by molar-refractivity contribution is 5.48. The summed E-state index contributed by atoms with van der Waals surface area (Å²) in [6.07, 6.45) is 4.26. The van der Waals surface area contributed by atoms with Gasteiger partial charge in [0.1, 0.15) is 5.75 Å². The van der Waals surface area contributed by atoms with Crippen molar-refractivity contribution in [1.82, 2.24) is 5.32 Å². The van der Waals surface area contributed by atoms with Crippen LogP contribution >= 0.6 is 0 Å². The quantitative estimate of drug-likeness (QED) is 0.796. The first-order chi connectivity index (χ1) is 9.38. The van der Waals surface area contributed by atoms with Gasteiger partial charge in [0.05, 0.1) is 7.11 Å². The van der Waals surface area contributed by atoms with Crippen molar-refractivity contribution in [3.8, 4) is 5.75 Å². The average Bonchev–Trinajstić information content (AvgIpc) is 2.49. The van der Waals surface area contributed by atoms with Gasteiger partial charge in [-0.1, -0.05) is 54.6 Å². The van der Waals surface area contributed by atoms with Gasteiger partial charge >= 0.3 is 0 Å². The van der Waals surface area contributed by atoms with Crippen LogP contribution in [0.2, 0.25) is 0 Å². The van der Waals surface area contributed by atoms with Crippen LogP contribution in [0.15, 0.2) is 60.7 Å². The fourth-order valence-electron chi connectivity index (χ4n) is 1.80. The Morgan fingerprint density at radius 3 is 2.42 bits per heavy atom. The highest BCUT2D eigenvalue weighted by Crippen LogP contribution is 2.10. The molecule has 2 rings (SSSR count). The first-order valence-corrected chi connectivity index (χ1v) is 6.44. The Morgan fingerprint density at radius 1 is 1.00 bits per heavy atom. The van der Waals surface area contributed by atoms with Gasteiger partial charge in [0.25, 0.3) is 0 Å². The minimum atomic E-state index is 0.862. The van der Waals surface area contributed by atoms with E-state index in [1.807, 2.05) is 30.3 Å². The van der Waals surface area contributed by atoms with Gasteiger partial charge in [-0.15, -0.1) is 0 Å². The monoisotopic (exact) mass is 253 g/mol. The summed E-state index contributed by atoms with van der Waals surface area (Å²) in [6.45, 7) is 1.73. The van der Waals surface area contributed by atoms with Gasteiger partial charge in [0.2, 0.25) is 0 Å². The second-order valence-electron chi connectivity index (χ2n) is 4.29. The number of hydrogen-bond acceptors (Lipinski definition) is 2. The lowest BCUT2D eigenvalue weighted by Gasteiger charge is -2.04. The van der Waals surface area contributed by atoms with Crippen LogP contribution in [-0.2, 0) is 6.54 Å². The molecule has 0 bridgehead atoms. The molecular weight excluding hydrogens is 234 g/mol. The molecule has 0 heterocycles. The highest BCUT2D eigenvalue weighted by atomic mass is 16.5. The van der Waals surface area contributed by atoms with E-state index in [-0.39, 0.29) is 0 Å². The van der Waals surface area contributed by atoms with E-state index in [9.17, 15) is 0 Å². The molecule has 1 N–H and O–H groups in total. The fourth-order valence-corrected chi connectivity index (χ4v) is 1.80. The zero-order valence-corrected chi connectivity index (χ0v) is 11.2. The SMILES string of the molecule is COc1ccc(CNC/C=C\c2ccccc2)cc1. The van der Waals surface area contributed by atoms with Crippen LogP contribution in [-0.4, -0.2) is 13.7 Å². The Hall–Kier alpha value is -2.06. The molecule has 0 saturated heterocycles. The van der Waals surface area contributed by atoms with Crippen molar-refractivity contribution >= 4 is 6.08 Å². The molecular formula is C17H19NO. The Bertz CT molecular complexity index is 503. The van der Waals surface area contributed by atoms with Crippen molar-refractivity contribution in [2.75, 3.05) is 13.7 Å². The Morgan fingerprint density at radius 2 is 1.74 bits per heavy atom. The van der Waals surface area contributed by atoms with E-state index in [2.05, 4.69) is 41.7 Å². The molecule has 0 spiro atoms. The van der Waals surface area contributed by atoms with E-state index in [0.29, 0.717) is 0 Å². The van der Waals surface area contributed by atoms with Crippen LogP contribution in [0.1, 0.15) is 11.1 Å². The van der Waals surface area contributed by atoms with Gasteiger partial charge in [0.15, 0.2) is 0 Å². The third-order valence-corrected chi connectivity index (χ3v) is 2.86. The molecule has 2 heteroatoms. The van der Waals surface area contributed by atoms with Crippen LogP contribution in [0.5, 0.6) is 5.75 Å². The van der Waals surface area contributed by atoms with Crippen LogP contribution in [0.3, 0.4) is 0 Å². The Labute approximate surface area is 114 Å². The maximum atomic E-state index is 5.13. The summed E-state index contributed by atoms with van der Waals surface area (Å²) in [6, 6.07) is 18.4. The maximum Gasteiger partial charge on any atom is 0.118 e. The predicted molar refractivity (Wildman–Crippen MR) is 80.2 cm³/mol. The molecule has 0 amide bonds. The summed E-state index contributed by atoms with van der Waals surface area (Å²) in [4.78, 5) is 0. The number of nitrogens with one attached hydrogen (secondary N) is 1. The normalized spacial score (nSPS) is 10.8. The summed E-state index contributed by atoms with van der Waals surface area (Å²) in [5.41, 5.74) is 2.49. The molecule has 0 unspecified atom stereocenters. The van der Waals surface area contributed by atoms with E-state index in [1.165, 1.54) is 11.1 Å². The van der Waals surface area contributed by atoms with Gasteiger partial charge in [-0.2, -0.15) is 0 Å². The van der Waals surface area contributed by atoms with Crippen LogP contribution < -0.4 is 10.1 Å². The van der Waals surface area contributed by atoms with Crippen molar-refractivity contribution in [2.24, 2.45) is 0 Å². The summed E-state index contributed by atoms with van der Waals surface area (Å²) in [5.74, 6) is 0.896. The third kappa shape index (κ3) is 4.60. The van der Waals surface area contributed by atoms with Gasteiger partial charge in [-0.25, -0.2) is 0 Å². The van der Waals surface area contributed by atoms with Gasteiger partial charge in [-0.05, 0) is 23.3 Å². The molecule has 0 aromatic heterocycles. The van der Waals surface area contributed by atoms with Gasteiger partial charge < -0.3 is 10.1 Å². The predicted octanol–water partition coefficient (Wildman–Crippen LogP) is 3.50. The van der Waals surface area contributed by atoms with Crippen molar-refractivity contribution in [1.29, 1.82) is 0 Å².